The van der Waals surface area contributed by atoms with Gasteiger partial charge in [-0.25, -0.2) is 0 Å². The van der Waals surface area contributed by atoms with Gasteiger partial charge in [-0.15, -0.1) is 0 Å². The van der Waals surface area contributed by atoms with Gasteiger partial charge in [0.25, 0.3) is 0 Å². The average Bonchev–Trinajstić information content (AvgIpc) is 2.63. The van der Waals surface area contributed by atoms with E-state index in [1.54, 1.807) is 6.92 Å². The van der Waals surface area contributed by atoms with Crippen LogP contribution in [0.1, 0.15) is 44.0 Å². The lowest BCUT2D eigenvalue weighted by molar-refractivity contribution is -0.144. The first-order chi connectivity index (χ1) is 8.36. The van der Waals surface area contributed by atoms with Crippen LogP contribution in [-0.2, 0) is 12.7 Å². The Morgan fingerprint density at radius 3 is 2.44 bits per heavy atom. The van der Waals surface area contributed by atoms with E-state index in [9.17, 15) is 13.2 Å². The minimum absolute atomic E-state index is 0.335. The Labute approximate surface area is 105 Å². The number of hydrogen-bond donors (Lipinski definition) is 0. The first-order valence-electron chi connectivity index (χ1n) is 6.48. The standard InChI is InChI=1S/C13H19F3N2/c1-9-3-5-11(6-4-9)8-18-12(13(14,15)16)7-10(2)17-18/h7,9,11H,3-6,8H2,1-2H3. The maximum absolute atomic E-state index is 12.8. The van der Waals surface area contributed by atoms with Crippen LogP contribution in [0.5, 0.6) is 0 Å². The van der Waals surface area contributed by atoms with Crippen molar-refractivity contribution in [1.29, 1.82) is 0 Å². The molecule has 0 bridgehead atoms. The van der Waals surface area contributed by atoms with Gasteiger partial charge in [0.2, 0.25) is 0 Å². The number of aryl methyl sites for hydroxylation is 1. The van der Waals surface area contributed by atoms with Crippen LogP contribution in [-0.4, -0.2) is 9.78 Å². The molecule has 1 fully saturated rings. The molecule has 1 aliphatic rings. The van der Waals surface area contributed by atoms with Crippen molar-refractivity contribution >= 4 is 0 Å². The quantitative estimate of drug-likeness (QED) is 0.784. The zero-order chi connectivity index (χ0) is 13.3. The van der Waals surface area contributed by atoms with Gasteiger partial charge in [-0.1, -0.05) is 19.8 Å². The molecule has 0 saturated heterocycles. The third kappa shape index (κ3) is 3.06. The lowest BCUT2D eigenvalue weighted by atomic mass is 9.83. The number of alkyl halides is 3. The molecule has 102 valence electrons. The molecule has 0 aliphatic heterocycles. The van der Waals surface area contributed by atoms with Crippen molar-refractivity contribution in [3.05, 3.63) is 17.5 Å². The second-order valence-electron chi connectivity index (χ2n) is 5.48. The van der Waals surface area contributed by atoms with Gasteiger partial charge in [-0.3, -0.25) is 4.68 Å². The summed E-state index contributed by atoms with van der Waals surface area (Å²) in [7, 11) is 0. The highest BCUT2D eigenvalue weighted by Gasteiger charge is 2.36. The summed E-state index contributed by atoms with van der Waals surface area (Å²) in [4.78, 5) is 0. The first-order valence-corrected chi connectivity index (χ1v) is 6.48. The smallest absolute Gasteiger partial charge is 0.260 e. The molecule has 2 nitrogen and oxygen atoms in total. The molecular weight excluding hydrogens is 241 g/mol. The van der Waals surface area contributed by atoms with Gasteiger partial charge in [0, 0.05) is 6.54 Å². The lowest BCUT2D eigenvalue weighted by Crippen LogP contribution is -2.22. The molecule has 0 atom stereocenters. The Hall–Kier alpha value is -1.00. The van der Waals surface area contributed by atoms with E-state index in [0.717, 1.165) is 36.4 Å². The Morgan fingerprint density at radius 2 is 1.89 bits per heavy atom. The molecule has 0 amide bonds. The van der Waals surface area contributed by atoms with Crippen molar-refractivity contribution in [2.75, 3.05) is 0 Å². The molecule has 1 aliphatic carbocycles. The van der Waals surface area contributed by atoms with Gasteiger partial charge in [0.05, 0.1) is 5.69 Å². The van der Waals surface area contributed by atoms with Crippen molar-refractivity contribution in [1.82, 2.24) is 9.78 Å². The van der Waals surface area contributed by atoms with Crippen LogP contribution in [0.3, 0.4) is 0 Å². The van der Waals surface area contributed by atoms with E-state index in [2.05, 4.69) is 12.0 Å². The predicted molar refractivity (Wildman–Crippen MR) is 63.1 cm³/mol. The minimum Gasteiger partial charge on any atom is -0.260 e. The van der Waals surface area contributed by atoms with Crippen molar-refractivity contribution < 1.29 is 13.2 Å². The summed E-state index contributed by atoms with van der Waals surface area (Å²) in [6, 6.07) is 1.13. The summed E-state index contributed by atoms with van der Waals surface area (Å²) in [5.74, 6) is 1.05. The first kappa shape index (κ1) is 13.4. The van der Waals surface area contributed by atoms with E-state index in [1.807, 2.05) is 0 Å². The highest BCUT2D eigenvalue weighted by atomic mass is 19.4. The molecule has 0 aromatic carbocycles. The highest BCUT2D eigenvalue weighted by molar-refractivity contribution is 5.12. The molecular formula is C13H19F3N2. The zero-order valence-corrected chi connectivity index (χ0v) is 10.8. The van der Waals surface area contributed by atoms with Crippen LogP contribution >= 0.6 is 0 Å². The maximum atomic E-state index is 12.8. The van der Waals surface area contributed by atoms with Gasteiger partial charge >= 0.3 is 6.18 Å². The fourth-order valence-corrected chi connectivity index (χ4v) is 2.67. The van der Waals surface area contributed by atoms with Gasteiger partial charge in [0.15, 0.2) is 0 Å². The van der Waals surface area contributed by atoms with Gasteiger partial charge < -0.3 is 0 Å². The Morgan fingerprint density at radius 1 is 1.28 bits per heavy atom. The fraction of sp³-hybridized carbons (Fsp3) is 0.769. The number of rotatable bonds is 2. The van der Waals surface area contributed by atoms with E-state index >= 15 is 0 Å². The number of nitrogens with zero attached hydrogens (tertiary/aromatic N) is 2. The van der Waals surface area contributed by atoms with E-state index in [0.29, 0.717) is 24.1 Å². The van der Waals surface area contributed by atoms with E-state index in [1.165, 1.54) is 0 Å². The highest BCUT2D eigenvalue weighted by Crippen LogP contribution is 2.33. The Balaban J connectivity index is 2.09. The SMILES string of the molecule is Cc1cc(C(F)(F)F)n(CC2CCC(C)CC2)n1. The lowest BCUT2D eigenvalue weighted by Gasteiger charge is -2.26. The molecule has 1 aromatic heterocycles. The third-order valence-corrected chi connectivity index (χ3v) is 3.76. The summed E-state index contributed by atoms with van der Waals surface area (Å²) in [5, 5.41) is 3.99. The van der Waals surface area contributed by atoms with Gasteiger partial charge in [0.1, 0.15) is 5.69 Å². The number of aromatic nitrogens is 2. The minimum atomic E-state index is -4.30. The van der Waals surface area contributed by atoms with Crippen molar-refractivity contribution in [3.8, 4) is 0 Å². The van der Waals surface area contributed by atoms with Crippen LogP contribution in [0.15, 0.2) is 6.07 Å². The molecule has 0 spiro atoms. The summed E-state index contributed by atoms with van der Waals surface area (Å²) in [5.41, 5.74) is -0.176. The second kappa shape index (κ2) is 4.94. The molecule has 5 heteroatoms. The summed E-state index contributed by atoms with van der Waals surface area (Å²) < 4.78 is 39.6. The van der Waals surface area contributed by atoms with Crippen LogP contribution in [0.2, 0.25) is 0 Å². The van der Waals surface area contributed by atoms with Gasteiger partial charge in [-0.05, 0) is 37.7 Å². The molecule has 0 unspecified atom stereocenters. The van der Waals surface area contributed by atoms with Crippen molar-refractivity contribution in [2.24, 2.45) is 11.8 Å². The molecule has 1 heterocycles. The third-order valence-electron chi connectivity index (χ3n) is 3.76. The molecule has 0 radical (unpaired) electrons. The van der Waals surface area contributed by atoms with E-state index in [4.69, 9.17) is 0 Å². The molecule has 1 saturated carbocycles. The van der Waals surface area contributed by atoms with Crippen molar-refractivity contribution in [3.63, 3.8) is 0 Å². The van der Waals surface area contributed by atoms with E-state index in [-0.39, 0.29) is 0 Å². The number of hydrogen-bond acceptors (Lipinski definition) is 1. The Kier molecular flexibility index (Phi) is 3.69. The normalized spacial score (nSPS) is 25.4. The summed E-state index contributed by atoms with van der Waals surface area (Å²) in [6.07, 6.45) is -0.0451. The average molecular weight is 260 g/mol. The number of halogens is 3. The monoisotopic (exact) mass is 260 g/mol. The largest absolute Gasteiger partial charge is 0.433 e. The van der Waals surface area contributed by atoms with Gasteiger partial charge in [-0.2, -0.15) is 18.3 Å². The molecule has 18 heavy (non-hydrogen) atoms. The van der Waals surface area contributed by atoms with Crippen LogP contribution in [0.25, 0.3) is 0 Å². The van der Waals surface area contributed by atoms with Crippen LogP contribution in [0.4, 0.5) is 13.2 Å². The van der Waals surface area contributed by atoms with Crippen LogP contribution in [0, 0.1) is 18.8 Å². The fourth-order valence-electron chi connectivity index (χ4n) is 2.67. The molecule has 0 N–H and O–H groups in total. The summed E-state index contributed by atoms with van der Waals surface area (Å²) in [6.45, 7) is 4.21. The maximum Gasteiger partial charge on any atom is 0.433 e. The van der Waals surface area contributed by atoms with E-state index < -0.39 is 11.9 Å². The van der Waals surface area contributed by atoms with Crippen molar-refractivity contribution in [2.45, 2.75) is 52.3 Å². The Bertz CT molecular complexity index is 401. The summed E-state index contributed by atoms with van der Waals surface area (Å²) >= 11 is 0. The topological polar surface area (TPSA) is 17.8 Å². The molecule has 2 rings (SSSR count). The molecule has 1 aromatic rings. The second-order valence-corrected chi connectivity index (χ2v) is 5.48. The van der Waals surface area contributed by atoms with Crippen LogP contribution < -0.4 is 0 Å². The predicted octanol–water partition coefficient (Wildman–Crippen LogP) is 4.04. The zero-order valence-electron chi connectivity index (χ0n) is 10.8.